The van der Waals surface area contributed by atoms with E-state index in [1.807, 2.05) is 10.9 Å². The van der Waals surface area contributed by atoms with Crippen LogP contribution in [0.4, 0.5) is 17.6 Å². The molecule has 1 aliphatic carbocycles. The number of aromatic nitrogens is 6. The van der Waals surface area contributed by atoms with Crippen molar-refractivity contribution in [3.63, 3.8) is 0 Å². The van der Waals surface area contributed by atoms with Crippen molar-refractivity contribution in [2.45, 2.75) is 49.9 Å². The van der Waals surface area contributed by atoms with Crippen LogP contribution in [0.15, 0.2) is 35.4 Å². The molecule has 6 rings (SSSR count). The van der Waals surface area contributed by atoms with E-state index in [9.17, 15) is 18.0 Å². The minimum atomic E-state index is -4.92. The number of fused-ring (bicyclic) bond motifs is 1. The Kier molecular flexibility index (Phi) is 6.12. The summed E-state index contributed by atoms with van der Waals surface area (Å²) in [6, 6.07) is 4.30. The first-order chi connectivity index (χ1) is 18.6. The largest absolute Gasteiger partial charge is 0.497 e. The van der Waals surface area contributed by atoms with Crippen LogP contribution >= 0.6 is 0 Å². The minimum absolute atomic E-state index is 0.118. The minimum Gasteiger partial charge on any atom is -0.497 e. The molecule has 13 heteroatoms. The monoisotopic (exact) mass is 544 g/mol. The van der Waals surface area contributed by atoms with E-state index >= 15 is 4.39 Å². The molecule has 1 aliphatic heterocycles. The molecule has 0 bridgehead atoms. The third-order valence-corrected chi connectivity index (χ3v) is 7.19. The molecule has 0 radical (unpaired) electrons. The van der Waals surface area contributed by atoms with Crippen LogP contribution in [0.5, 0.6) is 5.75 Å². The van der Waals surface area contributed by atoms with Gasteiger partial charge in [-0.1, -0.05) is 0 Å². The third kappa shape index (κ3) is 4.64. The maximum Gasteiger partial charge on any atom is 0.449 e. The molecule has 2 aliphatic rings. The van der Waals surface area contributed by atoms with E-state index in [-0.39, 0.29) is 40.4 Å². The van der Waals surface area contributed by atoms with Gasteiger partial charge in [-0.15, -0.1) is 0 Å². The van der Waals surface area contributed by atoms with Crippen molar-refractivity contribution in [3.8, 4) is 17.0 Å². The van der Waals surface area contributed by atoms with Gasteiger partial charge in [0.15, 0.2) is 5.52 Å². The first-order valence-electron chi connectivity index (χ1n) is 12.5. The molecule has 1 saturated heterocycles. The molecule has 9 nitrogen and oxygen atoms in total. The van der Waals surface area contributed by atoms with Crippen molar-refractivity contribution in [1.82, 2.24) is 29.3 Å². The third-order valence-electron chi connectivity index (χ3n) is 7.19. The van der Waals surface area contributed by atoms with Crippen molar-refractivity contribution in [2.24, 2.45) is 7.05 Å². The molecule has 4 aromatic rings. The fraction of sp³-hybridized carbons (Fsp3) is 0.423. The number of ether oxygens (including phenoxy) is 2. The predicted molar refractivity (Wildman–Crippen MR) is 131 cm³/mol. The lowest BCUT2D eigenvalue weighted by Gasteiger charge is -2.28. The average molecular weight is 545 g/mol. The van der Waals surface area contributed by atoms with Crippen molar-refractivity contribution in [3.05, 3.63) is 64.0 Å². The fourth-order valence-electron chi connectivity index (χ4n) is 4.92. The molecule has 1 saturated carbocycles. The molecule has 0 unspecified atom stereocenters. The average Bonchev–Trinajstić information content (AvgIpc) is 3.65. The zero-order valence-corrected chi connectivity index (χ0v) is 21.1. The Balaban J connectivity index is 1.48. The van der Waals surface area contributed by atoms with E-state index in [2.05, 4.69) is 20.1 Å². The van der Waals surface area contributed by atoms with Crippen LogP contribution in [0, 0.1) is 5.82 Å². The second-order valence-electron chi connectivity index (χ2n) is 9.84. The number of alkyl halides is 3. The van der Waals surface area contributed by atoms with Gasteiger partial charge in [0.2, 0.25) is 5.82 Å². The molecule has 0 amide bonds. The van der Waals surface area contributed by atoms with Gasteiger partial charge in [-0.3, -0.25) is 14.0 Å². The molecule has 2 fully saturated rings. The number of hydrogen-bond donors (Lipinski definition) is 0. The molecule has 2 atom stereocenters. The summed E-state index contributed by atoms with van der Waals surface area (Å²) in [5, 5.41) is 4.43. The topological polar surface area (TPSA) is 97.0 Å². The Labute approximate surface area is 219 Å². The second kappa shape index (κ2) is 9.40. The van der Waals surface area contributed by atoms with Gasteiger partial charge in [0.25, 0.3) is 5.56 Å². The number of halogens is 4. The van der Waals surface area contributed by atoms with Gasteiger partial charge in [-0.25, -0.2) is 19.3 Å². The maximum absolute atomic E-state index is 15.2. The Bertz CT molecular complexity index is 1630. The van der Waals surface area contributed by atoms with E-state index in [4.69, 9.17) is 9.47 Å². The highest BCUT2D eigenvalue weighted by molar-refractivity contribution is 5.88. The number of nitrogens with zero attached hydrogens (tertiary/aromatic N) is 6. The highest BCUT2D eigenvalue weighted by Gasteiger charge is 2.38. The van der Waals surface area contributed by atoms with Crippen LogP contribution in [-0.2, 0) is 18.0 Å². The Hall–Kier alpha value is -3.87. The van der Waals surface area contributed by atoms with Crippen LogP contribution in [-0.4, -0.2) is 43.0 Å². The summed E-state index contributed by atoms with van der Waals surface area (Å²) in [6.07, 6.45) is 1.65. The van der Waals surface area contributed by atoms with E-state index < -0.39 is 28.9 Å². The van der Waals surface area contributed by atoms with E-state index in [1.54, 1.807) is 6.20 Å². The van der Waals surface area contributed by atoms with E-state index in [0.717, 1.165) is 31.5 Å². The lowest BCUT2D eigenvalue weighted by molar-refractivity contribution is -0.147. The first-order valence-corrected chi connectivity index (χ1v) is 12.5. The SMILES string of the molecule is COc1ccc(-c2nc([C@H]3CCO[C@H](c4cnn(C5CC5)c4)C3)nc3c(=O)n(C)c(C(F)(F)F)nc23)c(F)c1. The standard InChI is InChI=1S/C26H24F4N6O3/c1-35-24(37)22-21(34-25(35)26(28,29)30)20(17-6-5-16(38-2)10-18(17)27)32-23(33-22)13-7-8-39-19(9-13)14-11-31-36(12-14)15-3-4-15/h5-6,10-13,15,19H,3-4,7-9H2,1-2H3/t13-,19-/m0/s1. The molecular formula is C26H24F4N6O3. The Morgan fingerprint density at radius 1 is 1.10 bits per heavy atom. The normalized spacial score (nSPS) is 19.9. The van der Waals surface area contributed by atoms with Crippen molar-refractivity contribution < 1.29 is 27.0 Å². The first kappa shape index (κ1) is 25.4. The summed E-state index contributed by atoms with van der Waals surface area (Å²) >= 11 is 0. The lowest BCUT2D eigenvalue weighted by Crippen LogP contribution is -2.29. The molecule has 3 aromatic heterocycles. The molecule has 4 heterocycles. The van der Waals surface area contributed by atoms with Gasteiger partial charge < -0.3 is 9.47 Å². The Morgan fingerprint density at radius 2 is 1.90 bits per heavy atom. The highest BCUT2D eigenvalue weighted by atomic mass is 19.4. The van der Waals surface area contributed by atoms with E-state index in [0.29, 0.717) is 30.1 Å². The molecule has 0 spiro atoms. The fourth-order valence-corrected chi connectivity index (χ4v) is 4.92. The molecule has 1 aromatic carbocycles. The van der Waals surface area contributed by atoms with Gasteiger partial charge in [-0.05, 0) is 37.8 Å². The smallest absolute Gasteiger partial charge is 0.449 e. The maximum atomic E-state index is 15.2. The summed E-state index contributed by atoms with van der Waals surface area (Å²) in [7, 11) is 2.35. The number of hydrogen-bond acceptors (Lipinski definition) is 7. The lowest BCUT2D eigenvalue weighted by atomic mass is 9.92. The van der Waals surface area contributed by atoms with Gasteiger partial charge >= 0.3 is 6.18 Å². The van der Waals surface area contributed by atoms with Gasteiger partial charge in [-0.2, -0.15) is 18.3 Å². The number of benzene rings is 1. The molecule has 204 valence electrons. The van der Waals surface area contributed by atoms with Crippen LogP contribution in [0.3, 0.4) is 0 Å². The van der Waals surface area contributed by atoms with Crippen LogP contribution < -0.4 is 10.3 Å². The summed E-state index contributed by atoms with van der Waals surface area (Å²) in [6.45, 7) is 0.376. The molecule has 39 heavy (non-hydrogen) atoms. The zero-order valence-electron chi connectivity index (χ0n) is 21.1. The number of methoxy groups -OCH3 is 1. The predicted octanol–water partition coefficient (Wildman–Crippen LogP) is 4.72. The second-order valence-corrected chi connectivity index (χ2v) is 9.84. The van der Waals surface area contributed by atoms with Crippen molar-refractivity contribution >= 4 is 11.0 Å². The van der Waals surface area contributed by atoms with Crippen LogP contribution in [0.1, 0.15) is 61.0 Å². The van der Waals surface area contributed by atoms with Crippen molar-refractivity contribution in [1.29, 1.82) is 0 Å². The quantitative estimate of drug-likeness (QED) is 0.336. The van der Waals surface area contributed by atoms with Crippen LogP contribution in [0.25, 0.3) is 22.3 Å². The molecule has 0 N–H and O–H groups in total. The summed E-state index contributed by atoms with van der Waals surface area (Å²) in [5.74, 6) is -2.08. The summed E-state index contributed by atoms with van der Waals surface area (Å²) in [5.41, 5.74) is -1.14. The van der Waals surface area contributed by atoms with Crippen molar-refractivity contribution in [2.75, 3.05) is 13.7 Å². The number of rotatable bonds is 5. The van der Waals surface area contributed by atoms with Gasteiger partial charge in [0.1, 0.15) is 28.6 Å². The zero-order chi connectivity index (χ0) is 27.5. The Morgan fingerprint density at radius 3 is 2.59 bits per heavy atom. The summed E-state index contributed by atoms with van der Waals surface area (Å²) < 4.78 is 69.7. The van der Waals surface area contributed by atoms with Gasteiger partial charge in [0, 0.05) is 43.0 Å². The van der Waals surface area contributed by atoms with Gasteiger partial charge in [0.05, 0.1) is 25.5 Å². The van der Waals surface area contributed by atoms with E-state index in [1.165, 1.54) is 19.2 Å². The molecular weight excluding hydrogens is 520 g/mol. The summed E-state index contributed by atoms with van der Waals surface area (Å²) in [4.78, 5) is 25.8. The highest BCUT2D eigenvalue weighted by Crippen LogP contribution is 2.40. The van der Waals surface area contributed by atoms with Crippen LogP contribution in [0.2, 0.25) is 0 Å².